The topological polar surface area (TPSA) is 49.4 Å². The van der Waals surface area contributed by atoms with Crippen molar-refractivity contribution in [1.82, 2.24) is 4.90 Å². The lowest BCUT2D eigenvalue weighted by Crippen LogP contribution is -2.35. The Morgan fingerprint density at radius 1 is 1.00 bits per heavy atom. The van der Waals surface area contributed by atoms with Crippen LogP contribution in [0.4, 0.5) is 10.1 Å². The van der Waals surface area contributed by atoms with Crippen LogP contribution in [-0.4, -0.2) is 23.3 Å². The summed E-state index contributed by atoms with van der Waals surface area (Å²) in [6.45, 7) is 8.19. The smallest absolute Gasteiger partial charge is 0.278 e. The summed E-state index contributed by atoms with van der Waals surface area (Å²) in [7, 11) is 0. The van der Waals surface area contributed by atoms with Crippen LogP contribution in [-0.2, 0) is 9.59 Å². The van der Waals surface area contributed by atoms with Crippen LogP contribution < -0.4 is 5.32 Å². The molecule has 0 unspecified atom stereocenters. The molecule has 0 fully saturated rings. The molecule has 0 spiro atoms. The van der Waals surface area contributed by atoms with E-state index in [1.807, 2.05) is 45.9 Å². The number of nitrogens with zero attached hydrogens (tertiary/aromatic N) is 1. The van der Waals surface area contributed by atoms with Crippen molar-refractivity contribution in [1.29, 1.82) is 0 Å². The summed E-state index contributed by atoms with van der Waals surface area (Å²) in [5.41, 5.74) is 3.90. The number of rotatable bonds is 5. The summed E-state index contributed by atoms with van der Waals surface area (Å²) in [5, 5.41) is 3.17. The minimum absolute atomic E-state index is 0.146. The van der Waals surface area contributed by atoms with Gasteiger partial charge in [-0.3, -0.25) is 14.5 Å². The molecule has 2 aromatic carbocycles. The SMILES string of the molecule is Cc1cccc(NC2=C(c3ccc(F)cc3)C(=O)N(CC(C)C)C2=O)c1C. The second kappa shape index (κ2) is 7.35. The number of anilines is 1. The van der Waals surface area contributed by atoms with Crippen LogP contribution in [0.25, 0.3) is 5.57 Å². The second-order valence-corrected chi connectivity index (χ2v) is 7.24. The van der Waals surface area contributed by atoms with Gasteiger partial charge in [0.1, 0.15) is 11.5 Å². The zero-order valence-corrected chi connectivity index (χ0v) is 16.0. The number of nitrogens with one attached hydrogen (secondary N) is 1. The summed E-state index contributed by atoms with van der Waals surface area (Å²) >= 11 is 0. The van der Waals surface area contributed by atoms with Crippen molar-refractivity contribution in [3.8, 4) is 0 Å². The number of imide groups is 1. The van der Waals surface area contributed by atoms with Gasteiger partial charge in [0.2, 0.25) is 0 Å². The third-order valence-corrected chi connectivity index (χ3v) is 4.71. The zero-order valence-electron chi connectivity index (χ0n) is 16.0. The standard InChI is InChI=1S/C22H23FN2O2/c1-13(2)12-25-21(26)19(16-8-10-17(23)11-9-16)20(22(25)27)24-18-7-5-6-14(3)15(18)4/h5-11,13,24H,12H2,1-4H3. The maximum atomic E-state index is 13.3. The van der Waals surface area contributed by atoms with E-state index in [4.69, 9.17) is 0 Å². The maximum absolute atomic E-state index is 13.3. The fourth-order valence-electron chi connectivity index (χ4n) is 3.13. The van der Waals surface area contributed by atoms with Gasteiger partial charge in [-0.15, -0.1) is 0 Å². The number of aryl methyl sites for hydroxylation is 1. The van der Waals surface area contributed by atoms with Crippen molar-refractivity contribution in [3.63, 3.8) is 0 Å². The van der Waals surface area contributed by atoms with Crippen molar-refractivity contribution in [3.05, 3.63) is 70.7 Å². The molecule has 1 N–H and O–H groups in total. The predicted octanol–water partition coefficient (Wildman–Crippen LogP) is 4.29. The molecular weight excluding hydrogens is 343 g/mol. The third kappa shape index (κ3) is 3.63. The molecule has 5 heteroatoms. The van der Waals surface area contributed by atoms with E-state index >= 15 is 0 Å². The van der Waals surface area contributed by atoms with Crippen molar-refractivity contribution < 1.29 is 14.0 Å². The van der Waals surface area contributed by atoms with E-state index in [0.717, 1.165) is 16.8 Å². The average Bonchev–Trinajstić information content (AvgIpc) is 2.84. The molecule has 4 nitrogen and oxygen atoms in total. The Hall–Kier alpha value is -2.95. The minimum Gasteiger partial charge on any atom is -0.350 e. The summed E-state index contributed by atoms with van der Waals surface area (Å²) < 4.78 is 13.3. The Morgan fingerprint density at radius 3 is 2.30 bits per heavy atom. The van der Waals surface area contributed by atoms with Crippen molar-refractivity contribution in [2.24, 2.45) is 5.92 Å². The lowest BCUT2D eigenvalue weighted by Gasteiger charge is -2.17. The van der Waals surface area contributed by atoms with Gasteiger partial charge >= 0.3 is 0 Å². The number of halogens is 1. The van der Waals surface area contributed by atoms with Crippen LogP contribution >= 0.6 is 0 Å². The predicted molar refractivity (Wildman–Crippen MR) is 104 cm³/mol. The first-order valence-electron chi connectivity index (χ1n) is 8.99. The zero-order chi connectivity index (χ0) is 19.7. The molecule has 27 heavy (non-hydrogen) atoms. The Balaban J connectivity index is 2.10. The third-order valence-electron chi connectivity index (χ3n) is 4.71. The van der Waals surface area contributed by atoms with Crippen LogP contribution in [0.2, 0.25) is 0 Å². The van der Waals surface area contributed by atoms with Crippen molar-refractivity contribution >= 4 is 23.1 Å². The Labute approximate surface area is 158 Å². The highest BCUT2D eigenvalue weighted by molar-refractivity contribution is 6.36. The van der Waals surface area contributed by atoms with Gasteiger partial charge in [-0.05, 0) is 54.7 Å². The second-order valence-electron chi connectivity index (χ2n) is 7.24. The Kier molecular flexibility index (Phi) is 5.13. The molecule has 1 aliphatic heterocycles. The molecule has 2 amide bonds. The molecule has 3 rings (SSSR count). The highest BCUT2D eigenvalue weighted by Crippen LogP contribution is 2.32. The number of carbonyl (C=O) groups is 2. The fourth-order valence-corrected chi connectivity index (χ4v) is 3.13. The lowest BCUT2D eigenvalue weighted by molar-refractivity contribution is -0.137. The Morgan fingerprint density at radius 2 is 1.67 bits per heavy atom. The number of hydrogen-bond acceptors (Lipinski definition) is 3. The normalized spacial score (nSPS) is 14.5. The molecule has 2 aromatic rings. The largest absolute Gasteiger partial charge is 0.350 e. The van der Waals surface area contributed by atoms with E-state index in [9.17, 15) is 14.0 Å². The van der Waals surface area contributed by atoms with E-state index in [0.29, 0.717) is 12.1 Å². The lowest BCUT2D eigenvalue weighted by atomic mass is 10.0. The summed E-state index contributed by atoms with van der Waals surface area (Å²) in [6, 6.07) is 11.4. The van der Waals surface area contributed by atoms with Gasteiger partial charge in [0.25, 0.3) is 11.8 Å². The summed E-state index contributed by atoms with van der Waals surface area (Å²) in [5.74, 6) is -0.950. The highest BCUT2D eigenvalue weighted by Gasteiger charge is 2.39. The molecule has 1 aliphatic rings. The summed E-state index contributed by atoms with van der Waals surface area (Å²) in [6.07, 6.45) is 0. The van der Waals surface area contributed by atoms with Gasteiger partial charge in [0, 0.05) is 12.2 Å². The molecule has 0 radical (unpaired) electrons. The first-order chi connectivity index (χ1) is 12.8. The van der Waals surface area contributed by atoms with Crippen LogP contribution in [0, 0.1) is 25.6 Å². The molecular formula is C22H23FN2O2. The van der Waals surface area contributed by atoms with E-state index in [-0.39, 0.29) is 34.8 Å². The molecule has 1 heterocycles. The monoisotopic (exact) mass is 366 g/mol. The molecule has 0 saturated carbocycles. The van der Waals surface area contributed by atoms with Crippen LogP contribution in [0.3, 0.4) is 0 Å². The van der Waals surface area contributed by atoms with E-state index < -0.39 is 0 Å². The first-order valence-corrected chi connectivity index (χ1v) is 8.99. The molecule has 0 aromatic heterocycles. The highest BCUT2D eigenvalue weighted by atomic mass is 19.1. The maximum Gasteiger partial charge on any atom is 0.278 e. The first kappa shape index (κ1) is 18.8. The molecule has 0 saturated heterocycles. The van der Waals surface area contributed by atoms with Crippen molar-refractivity contribution in [2.45, 2.75) is 27.7 Å². The van der Waals surface area contributed by atoms with Crippen LogP contribution in [0.15, 0.2) is 48.2 Å². The van der Waals surface area contributed by atoms with E-state index in [2.05, 4.69) is 5.32 Å². The van der Waals surface area contributed by atoms with Crippen LogP contribution in [0.5, 0.6) is 0 Å². The van der Waals surface area contributed by atoms with Gasteiger partial charge in [-0.25, -0.2) is 4.39 Å². The molecule has 0 atom stereocenters. The van der Waals surface area contributed by atoms with Gasteiger partial charge < -0.3 is 5.32 Å². The Bertz CT molecular complexity index is 930. The van der Waals surface area contributed by atoms with Gasteiger partial charge in [0.05, 0.1) is 5.57 Å². The molecule has 0 bridgehead atoms. The average molecular weight is 366 g/mol. The number of carbonyl (C=O) groups excluding carboxylic acids is 2. The van der Waals surface area contributed by atoms with Crippen molar-refractivity contribution in [2.75, 3.05) is 11.9 Å². The minimum atomic E-state index is -0.390. The number of hydrogen-bond donors (Lipinski definition) is 1. The molecule has 140 valence electrons. The quantitative estimate of drug-likeness (QED) is 0.803. The van der Waals surface area contributed by atoms with Crippen LogP contribution in [0.1, 0.15) is 30.5 Å². The summed E-state index contributed by atoms with van der Waals surface area (Å²) in [4.78, 5) is 27.3. The van der Waals surface area contributed by atoms with E-state index in [1.165, 1.54) is 29.2 Å². The number of amides is 2. The van der Waals surface area contributed by atoms with Gasteiger partial charge in [0.15, 0.2) is 0 Å². The van der Waals surface area contributed by atoms with Gasteiger partial charge in [-0.2, -0.15) is 0 Å². The fraction of sp³-hybridized carbons (Fsp3) is 0.273. The van der Waals surface area contributed by atoms with Gasteiger partial charge in [-0.1, -0.05) is 38.1 Å². The van der Waals surface area contributed by atoms with E-state index in [1.54, 1.807) is 0 Å². The number of benzene rings is 2. The molecule has 0 aliphatic carbocycles.